The fourth-order valence-corrected chi connectivity index (χ4v) is 3.15. The molecule has 2 unspecified atom stereocenters. The highest BCUT2D eigenvalue weighted by Gasteiger charge is 2.40. The Balaban J connectivity index is 2.01. The number of hydrogen-bond acceptors (Lipinski definition) is 5. The molecule has 1 fully saturated rings. The first-order chi connectivity index (χ1) is 10.4. The summed E-state index contributed by atoms with van der Waals surface area (Å²) in [7, 11) is 3.02. The Hall–Kier alpha value is -1.93. The fourth-order valence-electron chi connectivity index (χ4n) is 2.43. The van der Waals surface area contributed by atoms with Gasteiger partial charge in [-0.3, -0.25) is 9.59 Å². The molecule has 0 bridgehead atoms. The van der Waals surface area contributed by atoms with E-state index in [0.717, 1.165) is 0 Å². The number of amides is 2. The van der Waals surface area contributed by atoms with Crippen LogP contribution in [0.2, 0.25) is 0 Å². The number of ether oxygens (including phenoxy) is 1. The topological polar surface area (TPSA) is 87.2 Å². The molecule has 7 nitrogen and oxygen atoms in total. The molecule has 22 heavy (non-hydrogen) atoms. The highest BCUT2D eigenvalue weighted by atomic mass is 32.1. The molecule has 1 aliphatic rings. The van der Waals surface area contributed by atoms with Gasteiger partial charge in [-0.05, 0) is 11.4 Å². The smallest absolute Gasteiger partial charge is 0.326 e. The van der Waals surface area contributed by atoms with E-state index < -0.39 is 12.0 Å². The lowest BCUT2D eigenvalue weighted by atomic mass is 10.2. The van der Waals surface area contributed by atoms with Crippen molar-refractivity contribution in [3.63, 3.8) is 0 Å². The summed E-state index contributed by atoms with van der Waals surface area (Å²) in [6, 6.07) is 2.55. The second-order valence-corrected chi connectivity index (χ2v) is 6.08. The van der Waals surface area contributed by atoms with Crippen LogP contribution in [-0.4, -0.2) is 72.1 Å². The van der Waals surface area contributed by atoms with Gasteiger partial charge in [-0.2, -0.15) is 0 Å². The maximum Gasteiger partial charge on any atom is 0.326 e. The van der Waals surface area contributed by atoms with Crippen LogP contribution in [0.4, 0.5) is 0 Å². The van der Waals surface area contributed by atoms with Crippen molar-refractivity contribution >= 4 is 29.1 Å². The van der Waals surface area contributed by atoms with Crippen molar-refractivity contribution < 1.29 is 24.2 Å². The number of carbonyl (C=O) groups is 3. The van der Waals surface area contributed by atoms with E-state index in [2.05, 4.69) is 0 Å². The minimum Gasteiger partial charge on any atom is -0.480 e. The zero-order valence-electron chi connectivity index (χ0n) is 12.4. The number of carboxylic acids is 1. The fraction of sp³-hybridized carbons (Fsp3) is 0.500. The van der Waals surface area contributed by atoms with Gasteiger partial charge in [-0.15, -0.1) is 11.3 Å². The predicted molar refractivity (Wildman–Crippen MR) is 79.8 cm³/mol. The van der Waals surface area contributed by atoms with Gasteiger partial charge in [-0.1, -0.05) is 6.07 Å². The Morgan fingerprint density at radius 3 is 2.77 bits per heavy atom. The third kappa shape index (κ3) is 3.45. The number of nitrogens with zero attached hydrogens (tertiary/aromatic N) is 2. The minimum atomic E-state index is -1.06. The van der Waals surface area contributed by atoms with E-state index in [1.54, 1.807) is 17.5 Å². The predicted octanol–water partition coefficient (Wildman–Crippen LogP) is 0.521. The van der Waals surface area contributed by atoms with Crippen LogP contribution in [0.5, 0.6) is 0 Å². The summed E-state index contributed by atoms with van der Waals surface area (Å²) in [6.07, 6.45) is -0.0245. The summed E-state index contributed by atoms with van der Waals surface area (Å²) in [5.74, 6) is -1.70. The second kappa shape index (κ2) is 6.89. The molecule has 0 saturated carbocycles. The first-order valence-corrected chi connectivity index (χ1v) is 7.66. The molecule has 1 N–H and O–H groups in total. The molecule has 1 aromatic rings. The highest BCUT2D eigenvalue weighted by molar-refractivity contribution is 7.12. The quantitative estimate of drug-likeness (QED) is 0.852. The first-order valence-electron chi connectivity index (χ1n) is 6.78. The number of rotatable bonds is 5. The molecular formula is C14H18N2O5S. The van der Waals surface area contributed by atoms with Gasteiger partial charge in [0, 0.05) is 27.1 Å². The maximum atomic E-state index is 12.3. The van der Waals surface area contributed by atoms with Crippen LogP contribution in [0.15, 0.2) is 17.5 Å². The molecule has 2 heterocycles. The van der Waals surface area contributed by atoms with Crippen molar-refractivity contribution in [2.24, 2.45) is 0 Å². The zero-order chi connectivity index (χ0) is 16.3. The van der Waals surface area contributed by atoms with Crippen LogP contribution in [0.1, 0.15) is 16.1 Å². The van der Waals surface area contributed by atoms with E-state index in [9.17, 15) is 19.5 Å². The average Bonchev–Trinajstić information content (AvgIpc) is 3.15. The van der Waals surface area contributed by atoms with Crippen LogP contribution in [0, 0.1) is 0 Å². The van der Waals surface area contributed by atoms with Gasteiger partial charge in [0.25, 0.3) is 5.91 Å². The monoisotopic (exact) mass is 326 g/mol. The summed E-state index contributed by atoms with van der Waals surface area (Å²) >= 11 is 1.30. The van der Waals surface area contributed by atoms with Gasteiger partial charge in [0.2, 0.25) is 5.91 Å². The molecule has 2 atom stereocenters. The van der Waals surface area contributed by atoms with Crippen molar-refractivity contribution in [2.45, 2.75) is 18.6 Å². The number of likely N-dealkylation sites (N-methyl/N-ethyl adjacent to an activating group) is 1. The van der Waals surface area contributed by atoms with Gasteiger partial charge in [-0.25, -0.2) is 4.79 Å². The van der Waals surface area contributed by atoms with Gasteiger partial charge >= 0.3 is 5.97 Å². The standard InChI is InChI=1S/C14H18N2O5S/c1-15(13(18)11-4-3-5-22-11)8-12(17)16-7-9(21-2)6-10(16)14(19)20/h3-5,9-10H,6-8H2,1-2H3,(H,19,20). The Kier molecular flexibility index (Phi) is 5.15. The molecular weight excluding hydrogens is 308 g/mol. The van der Waals surface area contributed by atoms with Crippen molar-refractivity contribution in [3.05, 3.63) is 22.4 Å². The van der Waals surface area contributed by atoms with E-state index in [1.165, 1.54) is 35.3 Å². The number of methoxy groups -OCH3 is 1. The molecule has 1 aliphatic heterocycles. The molecule has 0 aliphatic carbocycles. The molecule has 0 aromatic carbocycles. The summed E-state index contributed by atoms with van der Waals surface area (Å²) in [6.45, 7) is 0.0737. The lowest BCUT2D eigenvalue weighted by Gasteiger charge is -2.24. The van der Waals surface area contributed by atoms with Crippen molar-refractivity contribution in [1.82, 2.24) is 9.80 Å². The molecule has 120 valence electrons. The number of carboxylic acid groups (broad SMARTS) is 1. The van der Waals surface area contributed by atoms with E-state index in [1.807, 2.05) is 0 Å². The number of hydrogen-bond donors (Lipinski definition) is 1. The number of aliphatic carboxylic acids is 1. The Labute approximate surface area is 132 Å². The van der Waals surface area contributed by atoms with Crippen LogP contribution in [0.25, 0.3) is 0 Å². The van der Waals surface area contributed by atoms with Crippen LogP contribution < -0.4 is 0 Å². The number of likely N-dealkylation sites (tertiary alicyclic amines) is 1. The van der Waals surface area contributed by atoms with Crippen molar-refractivity contribution in [3.8, 4) is 0 Å². The maximum absolute atomic E-state index is 12.3. The third-order valence-electron chi connectivity index (χ3n) is 3.65. The van der Waals surface area contributed by atoms with Crippen LogP contribution >= 0.6 is 11.3 Å². The molecule has 0 spiro atoms. The second-order valence-electron chi connectivity index (χ2n) is 5.13. The Morgan fingerprint density at radius 2 is 2.23 bits per heavy atom. The number of carbonyl (C=O) groups excluding carboxylic acids is 2. The third-order valence-corrected chi connectivity index (χ3v) is 4.51. The van der Waals surface area contributed by atoms with Gasteiger partial charge in [0.15, 0.2) is 0 Å². The summed E-state index contributed by atoms with van der Waals surface area (Å²) in [5, 5.41) is 11.0. The van der Waals surface area contributed by atoms with Crippen LogP contribution in [0.3, 0.4) is 0 Å². The molecule has 8 heteroatoms. The summed E-state index contributed by atoms with van der Waals surface area (Å²) < 4.78 is 5.15. The van der Waals surface area contributed by atoms with Gasteiger partial charge in [0.05, 0.1) is 17.5 Å². The first kappa shape index (κ1) is 16.4. The summed E-state index contributed by atoms with van der Waals surface area (Å²) in [5.41, 5.74) is 0. The average molecular weight is 326 g/mol. The van der Waals surface area contributed by atoms with Crippen molar-refractivity contribution in [2.75, 3.05) is 27.2 Å². The summed E-state index contributed by atoms with van der Waals surface area (Å²) in [4.78, 5) is 38.8. The van der Waals surface area contributed by atoms with E-state index in [4.69, 9.17) is 4.74 Å². The highest BCUT2D eigenvalue weighted by Crippen LogP contribution is 2.21. The molecule has 0 radical (unpaired) electrons. The molecule has 2 rings (SSSR count). The van der Waals surface area contributed by atoms with Crippen molar-refractivity contribution in [1.29, 1.82) is 0 Å². The lowest BCUT2D eigenvalue weighted by Crippen LogP contribution is -2.46. The number of thiophene rings is 1. The Bertz CT molecular complexity index is 560. The minimum absolute atomic E-state index is 0.156. The van der Waals surface area contributed by atoms with E-state index in [0.29, 0.717) is 4.88 Å². The molecule has 1 aromatic heterocycles. The largest absolute Gasteiger partial charge is 0.480 e. The van der Waals surface area contributed by atoms with E-state index in [-0.39, 0.29) is 37.4 Å². The molecule has 2 amide bonds. The SMILES string of the molecule is COC1CC(C(=O)O)N(C(=O)CN(C)C(=O)c2cccs2)C1. The molecule has 1 saturated heterocycles. The zero-order valence-corrected chi connectivity index (χ0v) is 13.2. The Morgan fingerprint density at radius 1 is 1.50 bits per heavy atom. The van der Waals surface area contributed by atoms with Gasteiger partial charge < -0.3 is 19.6 Å². The normalized spacial score (nSPS) is 20.9. The van der Waals surface area contributed by atoms with Gasteiger partial charge in [0.1, 0.15) is 6.04 Å². The lowest BCUT2D eigenvalue weighted by molar-refractivity contribution is -0.148. The van der Waals surface area contributed by atoms with Crippen LogP contribution in [-0.2, 0) is 14.3 Å². The van der Waals surface area contributed by atoms with E-state index >= 15 is 0 Å².